The number of aliphatic hydroxyl groups is 3. The molecule has 0 aromatic heterocycles. The molecule has 1 saturated carbocycles. The number of aromatic hydroxyl groups is 1. The molecule has 7 N–H and O–H groups in total. The van der Waals surface area contributed by atoms with Gasteiger partial charge >= 0.3 is 0 Å². The zero-order valence-electron chi connectivity index (χ0n) is 18.0. The summed E-state index contributed by atoms with van der Waals surface area (Å²) < 4.78 is 0. The van der Waals surface area contributed by atoms with Crippen LogP contribution in [0.1, 0.15) is 37.0 Å². The van der Waals surface area contributed by atoms with Gasteiger partial charge < -0.3 is 31.5 Å². The summed E-state index contributed by atoms with van der Waals surface area (Å²) in [5.41, 5.74) is 2.73. The molecule has 10 heteroatoms. The number of phenolic OH excluding ortho intramolecular Hbond substituents is 1. The molecule has 0 aliphatic heterocycles. The van der Waals surface area contributed by atoms with E-state index in [1.165, 1.54) is 19.9 Å². The Bertz CT molecular complexity index is 1200. The van der Waals surface area contributed by atoms with Crippen molar-refractivity contribution in [1.82, 2.24) is 5.32 Å². The molecule has 4 rings (SSSR count). The van der Waals surface area contributed by atoms with E-state index in [0.717, 1.165) is 0 Å². The number of carbonyl (C=O) groups excluding carboxylic acids is 4. The van der Waals surface area contributed by atoms with E-state index in [1.54, 1.807) is 6.07 Å². The van der Waals surface area contributed by atoms with Crippen LogP contribution >= 0.6 is 0 Å². The number of hydrogen-bond donors (Lipinski definition) is 6. The molecule has 2 unspecified atom stereocenters. The minimum Gasteiger partial charge on any atom is -0.508 e. The number of nitrogens with one attached hydrogen (secondary N) is 1. The Kier molecular flexibility index (Phi) is 5.08. The topological polar surface area (TPSA) is 187 Å². The van der Waals surface area contributed by atoms with Crippen molar-refractivity contribution in [1.29, 1.82) is 0 Å². The Hall–Kier alpha value is -3.66. The number of aliphatic hydroxyl groups excluding tert-OH is 2. The summed E-state index contributed by atoms with van der Waals surface area (Å²) in [7, 11) is 0. The van der Waals surface area contributed by atoms with E-state index in [0.29, 0.717) is 11.1 Å². The van der Waals surface area contributed by atoms with Crippen LogP contribution in [0.4, 0.5) is 0 Å². The van der Waals surface area contributed by atoms with Crippen molar-refractivity contribution in [3.05, 3.63) is 45.7 Å². The van der Waals surface area contributed by atoms with E-state index >= 15 is 0 Å². The molecule has 174 valence electrons. The van der Waals surface area contributed by atoms with Crippen molar-refractivity contribution in [2.24, 2.45) is 23.5 Å². The van der Waals surface area contributed by atoms with Gasteiger partial charge in [-0.3, -0.25) is 19.2 Å². The van der Waals surface area contributed by atoms with Gasteiger partial charge in [0.15, 0.2) is 11.4 Å². The first-order chi connectivity index (χ1) is 15.4. The fourth-order valence-corrected chi connectivity index (χ4v) is 5.39. The lowest BCUT2D eigenvalue weighted by Crippen LogP contribution is -2.61. The van der Waals surface area contributed by atoms with Crippen LogP contribution in [0.3, 0.4) is 0 Å². The van der Waals surface area contributed by atoms with Crippen molar-refractivity contribution in [3.63, 3.8) is 0 Å². The molecule has 0 saturated heterocycles. The van der Waals surface area contributed by atoms with Crippen LogP contribution in [0, 0.1) is 17.8 Å². The van der Waals surface area contributed by atoms with E-state index in [-0.39, 0.29) is 42.2 Å². The third-order valence-electron chi connectivity index (χ3n) is 7.04. The second kappa shape index (κ2) is 7.45. The first-order valence-corrected chi connectivity index (χ1v) is 10.5. The van der Waals surface area contributed by atoms with Crippen LogP contribution in [-0.2, 0) is 32.1 Å². The molecule has 10 nitrogen and oxygen atoms in total. The zero-order chi connectivity index (χ0) is 24.4. The highest BCUT2D eigenvalue weighted by Gasteiger charge is 2.62. The minimum atomic E-state index is -2.61. The highest BCUT2D eigenvalue weighted by molar-refractivity contribution is 6.23. The first-order valence-electron chi connectivity index (χ1n) is 10.5. The van der Waals surface area contributed by atoms with Gasteiger partial charge in [0.25, 0.3) is 5.91 Å². The molecule has 33 heavy (non-hydrogen) atoms. The van der Waals surface area contributed by atoms with Crippen molar-refractivity contribution < 1.29 is 39.6 Å². The summed E-state index contributed by atoms with van der Waals surface area (Å²) in [4.78, 5) is 49.3. The second-order valence-electron chi connectivity index (χ2n) is 8.85. The number of hydrogen-bond acceptors (Lipinski definition) is 8. The maximum Gasteiger partial charge on any atom is 0.255 e. The Morgan fingerprint density at radius 1 is 1.21 bits per heavy atom. The number of amides is 2. The standard InChI is InChI=1S/C23H24N2O8/c1-8-13-6-11-5-12-10(7-25-9(2)26)3-4-14(27)16(12)19(29)15(11)20(30)23(13,33)21(31)17(18(8)28)22(24)32/h3-4,8,11,13,27,29,31,33H,5-7H2,1-2H3,(H2,24,32)(H,25,26)/t8-,11?,13?,23-/m0/s1. The molecule has 0 heterocycles. The lowest BCUT2D eigenvalue weighted by atomic mass is 9.56. The van der Waals surface area contributed by atoms with Gasteiger partial charge in [-0.15, -0.1) is 0 Å². The molecule has 1 aromatic rings. The normalized spacial score (nSPS) is 28.8. The van der Waals surface area contributed by atoms with Gasteiger partial charge in [0.1, 0.15) is 22.8 Å². The van der Waals surface area contributed by atoms with Crippen molar-refractivity contribution in [2.45, 2.75) is 38.8 Å². The SMILES string of the molecule is CC(=O)NCc1ccc(O)c2c1CC1CC3[C@H](C)C(=O)C(C(N)=O)=C(O)[C@@]3(O)C(=O)C1=C2O. The molecule has 0 radical (unpaired) electrons. The van der Waals surface area contributed by atoms with Crippen LogP contribution in [0.2, 0.25) is 0 Å². The summed E-state index contributed by atoms with van der Waals surface area (Å²) in [5.74, 6) is -8.00. The van der Waals surface area contributed by atoms with Gasteiger partial charge in [-0.05, 0) is 36.0 Å². The van der Waals surface area contributed by atoms with E-state index in [1.807, 2.05) is 0 Å². The van der Waals surface area contributed by atoms with E-state index in [9.17, 15) is 39.6 Å². The Balaban J connectivity index is 1.90. The largest absolute Gasteiger partial charge is 0.508 e. The quantitative estimate of drug-likeness (QED) is 0.350. The third kappa shape index (κ3) is 3.05. The van der Waals surface area contributed by atoms with Crippen LogP contribution in [0.15, 0.2) is 29.0 Å². The van der Waals surface area contributed by atoms with Gasteiger partial charge in [0.2, 0.25) is 11.7 Å². The minimum absolute atomic E-state index is 0.00182. The number of primary amides is 1. The number of carbonyl (C=O) groups is 4. The zero-order valence-corrected chi connectivity index (χ0v) is 18.0. The number of nitrogens with two attached hydrogens (primary N) is 1. The molecule has 1 fully saturated rings. The molecule has 3 aliphatic rings. The molecule has 0 spiro atoms. The Morgan fingerprint density at radius 3 is 2.48 bits per heavy atom. The summed E-state index contributed by atoms with van der Waals surface area (Å²) in [6, 6.07) is 2.92. The van der Waals surface area contributed by atoms with Crippen LogP contribution in [0.5, 0.6) is 5.75 Å². The Morgan fingerprint density at radius 2 is 1.88 bits per heavy atom. The average Bonchev–Trinajstić information content (AvgIpc) is 2.73. The molecular formula is C23H24N2O8. The number of Topliss-reactive ketones (excluding diaryl/α,β-unsaturated/α-hetero) is 2. The average molecular weight is 456 g/mol. The van der Waals surface area contributed by atoms with Crippen LogP contribution in [-0.4, -0.2) is 49.4 Å². The van der Waals surface area contributed by atoms with Gasteiger partial charge in [-0.25, -0.2) is 0 Å². The predicted molar refractivity (Wildman–Crippen MR) is 113 cm³/mol. The maximum absolute atomic E-state index is 13.5. The molecule has 3 aliphatic carbocycles. The van der Waals surface area contributed by atoms with Gasteiger partial charge in [0, 0.05) is 30.9 Å². The number of ketones is 2. The highest BCUT2D eigenvalue weighted by atomic mass is 16.3. The van der Waals surface area contributed by atoms with Crippen molar-refractivity contribution in [2.75, 3.05) is 0 Å². The summed E-state index contributed by atoms with van der Waals surface area (Å²) >= 11 is 0. The van der Waals surface area contributed by atoms with Crippen molar-refractivity contribution in [3.8, 4) is 5.75 Å². The highest BCUT2D eigenvalue weighted by Crippen LogP contribution is 2.53. The number of fused-ring (bicyclic) bond motifs is 3. The number of rotatable bonds is 3. The van der Waals surface area contributed by atoms with Gasteiger partial charge in [0.05, 0.1) is 5.56 Å². The maximum atomic E-state index is 13.5. The van der Waals surface area contributed by atoms with Crippen LogP contribution in [0.25, 0.3) is 5.76 Å². The van der Waals surface area contributed by atoms with Gasteiger partial charge in [-0.1, -0.05) is 13.0 Å². The Labute approximate surface area is 188 Å². The van der Waals surface area contributed by atoms with Gasteiger partial charge in [-0.2, -0.15) is 0 Å². The molecule has 2 amide bonds. The predicted octanol–water partition coefficient (Wildman–Crippen LogP) is 0.306. The third-order valence-corrected chi connectivity index (χ3v) is 7.04. The van der Waals surface area contributed by atoms with E-state index in [2.05, 4.69) is 5.32 Å². The summed E-state index contributed by atoms with van der Waals surface area (Å²) in [6.45, 7) is 2.93. The molecule has 0 bridgehead atoms. The van der Waals surface area contributed by atoms with E-state index < -0.39 is 57.9 Å². The summed E-state index contributed by atoms with van der Waals surface area (Å²) in [5, 5.41) is 46.1. The van der Waals surface area contributed by atoms with Crippen molar-refractivity contribution >= 4 is 29.1 Å². The monoisotopic (exact) mass is 456 g/mol. The molecule has 1 aromatic carbocycles. The molecule has 4 atom stereocenters. The smallest absolute Gasteiger partial charge is 0.255 e. The second-order valence-corrected chi connectivity index (χ2v) is 8.85. The van der Waals surface area contributed by atoms with E-state index in [4.69, 9.17) is 5.73 Å². The lowest BCUT2D eigenvalue weighted by molar-refractivity contribution is -0.152. The first kappa shape index (κ1) is 22.5. The molecular weight excluding hydrogens is 432 g/mol. The number of benzene rings is 1. The number of phenols is 1. The fraction of sp³-hybridized carbons (Fsp3) is 0.391. The lowest BCUT2D eigenvalue weighted by Gasteiger charge is -2.48. The summed E-state index contributed by atoms with van der Waals surface area (Å²) in [6.07, 6.45) is 0.226. The van der Waals surface area contributed by atoms with Crippen LogP contribution < -0.4 is 11.1 Å². The fourth-order valence-electron chi connectivity index (χ4n) is 5.39.